The number of hydrogen-bond donors (Lipinski definition) is 1. The number of aryl methyl sites for hydroxylation is 1. The zero-order valence-corrected chi connectivity index (χ0v) is 14.7. The van der Waals surface area contributed by atoms with E-state index in [9.17, 15) is 9.90 Å². The topological polar surface area (TPSA) is 49.8 Å². The lowest BCUT2D eigenvalue weighted by Crippen LogP contribution is -2.46. The Balaban J connectivity index is 1.95. The first kappa shape index (κ1) is 16.3. The molecule has 4 nitrogen and oxygen atoms in total. The van der Waals surface area contributed by atoms with Crippen LogP contribution in [0.15, 0.2) is 18.2 Å². The van der Waals surface area contributed by atoms with Gasteiger partial charge in [0, 0.05) is 23.9 Å². The lowest BCUT2D eigenvalue weighted by Gasteiger charge is -2.37. The number of carbonyl (C=O) groups excluding carboxylic acids is 1. The first-order chi connectivity index (χ1) is 11.0. The van der Waals surface area contributed by atoms with Crippen molar-refractivity contribution in [3.63, 3.8) is 0 Å². The van der Waals surface area contributed by atoms with Crippen LogP contribution in [0.5, 0.6) is 5.75 Å². The number of methoxy groups -OCH3 is 1. The average Bonchev–Trinajstić information content (AvgIpc) is 2.91. The summed E-state index contributed by atoms with van der Waals surface area (Å²) >= 11 is 1.55. The van der Waals surface area contributed by atoms with Gasteiger partial charge in [-0.05, 0) is 61.8 Å². The van der Waals surface area contributed by atoms with Crippen LogP contribution in [0.2, 0.25) is 0 Å². The third-order valence-electron chi connectivity index (χ3n) is 4.84. The highest BCUT2D eigenvalue weighted by atomic mass is 32.1. The molecule has 23 heavy (non-hydrogen) atoms. The van der Waals surface area contributed by atoms with E-state index in [1.54, 1.807) is 18.4 Å². The molecule has 124 valence electrons. The third-order valence-corrected chi connectivity index (χ3v) is 6.10. The zero-order chi connectivity index (χ0) is 16.6. The van der Waals surface area contributed by atoms with Crippen molar-refractivity contribution in [3.05, 3.63) is 28.6 Å². The lowest BCUT2D eigenvalue weighted by molar-refractivity contribution is 0.0493. The van der Waals surface area contributed by atoms with Gasteiger partial charge in [-0.2, -0.15) is 0 Å². The largest absolute Gasteiger partial charge is 0.497 e. The Hall–Kier alpha value is -1.59. The van der Waals surface area contributed by atoms with Gasteiger partial charge in [0.2, 0.25) is 0 Å². The minimum Gasteiger partial charge on any atom is -0.497 e. The molecule has 5 heteroatoms. The van der Waals surface area contributed by atoms with Crippen LogP contribution in [-0.4, -0.2) is 42.2 Å². The molecule has 0 bridgehead atoms. The smallest absolute Gasteiger partial charge is 0.264 e. The van der Waals surface area contributed by atoms with Gasteiger partial charge in [-0.1, -0.05) is 0 Å². The highest BCUT2D eigenvalue weighted by Crippen LogP contribution is 2.35. The highest BCUT2D eigenvalue weighted by Gasteiger charge is 2.31. The van der Waals surface area contributed by atoms with E-state index in [2.05, 4.69) is 6.92 Å². The van der Waals surface area contributed by atoms with Gasteiger partial charge in [-0.3, -0.25) is 4.79 Å². The van der Waals surface area contributed by atoms with Crippen molar-refractivity contribution >= 4 is 27.3 Å². The first-order valence-electron chi connectivity index (χ1n) is 8.04. The second kappa shape index (κ2) is 6.49. The molecule has 1 saturated heterocycles. The maximum atomic E-state index is 13.0. The number of aliphatic hydroxyl groups excluding tert-OH is 1. The van der Waals surface area contributed by atoms with Gasteiger partial charge in [0.05, 0.1) is 12.0 Å². The van der Waals surface area contributed by atoms with Crippen LogP contribution in [0.1, 0.15) is 35.0 Å². The van der Waals surface area contributed by atoms with Crippen LogP contribution >= 0.6 is 11.3 Å². The molecule has 2 unspecified atom stereocenters. The quantitative estimate of drug-likeness (QED) is 0.936. The minimum absolute atomic E-state index is 0.0910. The molecule has 0 saturated carbocycles. The number of ether oxygens (including phenoxy) is 1. The summed E-state index contributed by atoms with van der Waals surface area (Å²) in [6.45, 7) is 4.90. The van der Waals surface area contributed by atoms with Crippen LogP contribution in [0.25, 0.3) is 10.1 Å². The number of carbonyl (C=O) groups is 1. The number of piperidine rings is 1. The van der Waals surface area contributed by atoms with Gasteiger partial charge in [0.15, 0.2) is 0 Å². The Morgan fingerprint density at radius 3 is 2.91 bits per heavy atom. The summed E-state index contributed by atoms with van der Waals surface area (Å²) in [5.74, 6) is 1.10. The SMILES string of the molecule is COc1ccc2sc(C(=O)N3CC(CO)CCC3C)c(C)c2c1. The summed E-state index contributed by atoms with van der Waals surface area (Å²) in [5.41, 5.74) is 1.02. The molecule has 1 aliphatic rings. The van der Waals surface area contributed by atoms with Crippen LogP contribution < -0.4 is 4.74 Å². The molecule has 0 radical (unpaired) electrons. The molecule has 1 fully saturated rings. The van der Waals surface area contributed by atoms with E-state index in [1.807, 2.05) is 30.0 Å². The molecule has 0 spiro atoms. The van der Waals surface area contributed by atoms with Gasteiger partial charge < -0.3 is 14.7 Å². The van der Waals surface area contributed by atoms with E-state index in [1.165, 1.54) is 0 Å². The number of aliphatic hydroxyl groups is 1. The summed E-state index contributed by atoms with van der Waals surface area (Å²) in [6.07, 6.45) is 1.94. The van der Waals surface area contributed by atoms with Crippen molar-refractivity contribution in [2.24, 2.45) is 5.92 Å². The maximum Gasteiger partial charge on any atom is 0.264 e. The molecule has 2 aromatic rings. The number of benzene rings is 1. The summed E-state index contributed by atoms with van der Waals surface area (Å²) in [4.78, 5) is 15.8. The zero-order valence-electron chi connectivity index (χ0n) is 13.8. The Bertz CT molecular complexity index is 724. The van der Waals surface area contributed by atoms with Crippen LogP contribution in [-0.2, 0) is 0 Å². The van der Waals surface area contributed by atoms with Crippen molar-refractivity contribution in [1.82, 2.24) is 4.90 Å². The lowest BCUT2D eigenvalue weighted by atomic mass is 9.94. The van der Waals surface area contributed by atoms with Crippen LogP contribution in [0, 0.1) is 12.8 Å². The predicted molar refractivity (Wildman–Crippen MR) is 93.4 cm³/mol. The summed E-state index contributed by atoms with van der Waals surface area (Å²) < 4.78 is 6.40. The van der Waals surface area contributed by atoms with Gasteiger partial charge >= 0.3 is 0 Å². The molecule has 0 aliphatic carbocycles. The third kappa shape index (κ3) is 2.95. The molecule has 2 heterocycles. The van der Waals surface area contributed by atoms with E-state index in [0.29, 0.717) is 6.54 Å². The number of hydrogen-bond acceptors (Lipinski definition) is 4. The molecule has 2 atom stereocenters. The standard InChI is InChI=1S/C18H23NO3S/c1-11-4-5-13(10-20)9-19(11)18(21)17-12(2)15-8-14(22-3)6-7-16(15)23-17/h6-8,11,13,20H,4-5,9-10H2,1-3H3. The Morgan fingerprint density at radius 1 is 1.43 bits per heavy atom. The summed E-state index contributed by atoms with van der Waals surface area (Å²) in [7, 11) is 1.65. The molecule has 1 aromatic carbocycles. The second-order valence-corrected chi connectivity index (χ2v) is 7.40. The van der Waals surface area contributed by atoms with E-state index in [-0.39, 0.29) is 24.5 Å². The molecule has 1 aromatic heterocycles. The van der Waals surface area contributed by atoms with Gasteiger partial charge in [0.1, 0.15) is 5.75 Å². The van der Waals surface area contributed by atoms with Crippen molar-refractivity contribution in [3.8, 4) is 5.75 Å². The first-order valence-corrected chi connectivity index (χ1v) is 8.85. The fraction of sp³-hybridized carbons (Fsp3) is 0.500. The number of nitrogens with zero attached hydrogens (tertiary/aromatic N) is 1. The Morgan fingerprint density at radius 2 is 2.22 bits per heavy atom. The minimum atomic E-state index is 0.0910. The summed E-state index contributed by atoms with van der Waals surface area (Å²) in [6, 6.07) is 6.16. The van der Waals surface area contributed by atoms with Crippen molar-refractivity contribution in [1.29, 1.82) is 0 Å². The average molecular weight is 333 g/mol. The molecular weight excluding hydrogens is 310 g/mol. The molecule has 1 N–H and O–H groups in total. The van der Waals surface area contributed by atoms with Crippen LogP contribution in [0.3, 0.4) is 0 Å². The van der Waals surface area contributed by atoms with Crippen LogP contribution in [0.4, 0.5) is 0 Å². The number of fused-ring (bicyclic) bond motifs is 1. The van der Waals surface area contributed by atoms with Gasteiger partial charge in [0.25, 0.3) is 5.91 Å². The predicted octanol–water partition coefficient (Wildman–Crippen LogP) is 3.45. The second-order valence-electron chi connectivity index (χ2n) is 6.35. The number of amides is 1. The van der Waals surface area contributed by atoms with Crippen molar-refractivity contribution in [2.45, 2.75) is 32.7 Å². The summed E-state index contributed by atoms with van der Waals surface area (Å²) in [5, 5.41) is 10.5. The normalized spacial score (nSPS) is 21.7. The number of rotatable bonds is 3. The number of thiophene rings is 1. The molecule has 3 rings (SSSR count). The van der Waals surface area contributed by atoms with E-state index >= 15 is 0 Å². The Labute approximate surface area is 140 Å². The van der Waals surface area contributed by atoms with E-state index in [4.69, 9.17) is 4.74 Å². The molecule has 1 amide bonds. The van der Waals surface area contributed by atoms with E-state index in [0.717, 1.165) is 39.1 Å². The van der Waals surface area contributed by atoms with Gasteiger partial charge in [-0.15, -0.1) is 11.3 Å². The van der Waals surface area contributed by atoms with Crippen molar-refractivity contribution in [2.75, 3.05) is 20.3 Å². The fourth-order valence-electron chi connectivity index (χ4n) is 3.28. The number of likely N-dealkylation sites (tertiary alicyclic amines) is 1. The molecular formula is C18H23NO3S. The fourth-order valence-corrected chi connectivity index (χ4v) is 4.42. The molecule has 1 aliphatic heterocycles. The van der Waals surface area contributed by atoms with Gasteiger partial charge in [-0.25, -0.2) is 0 Å². The maximum absolute atomic E-state index is 13.0. The Kier molecular flexibility index (Phi) is 4.60. The highest BCUT2D eigenvalue weighted by molar-refractivity contribution is 7.21. The van der Waals surface area contributed by atoms with Crippen molar-refractivity contribution < 1.29 is 14.6 Å². The monoisotopic (exact) mass is 333 g/mol. The van der Waals surface area contributed by atoms with E-state index < -0.39 is 0 Å².